The molecule has 4 heteroatoms. The quantitative estimate of drug-likeness (QED) is 0.471. The van der Waals surface area contributed by atoms with Gasteiger partial charge in [-0.05, 0) is 73.4 Å². The molecule has 0 amide bonds. The molecular weight excluding hydrogens is 432 g/mol. The summed E-state index contributed by atoms with van der Waals surface area (Å²) in [7, 11) is 0. The Morgan fingerprint density at radius 1 is 1.14 bits per heavy atom. The Morgan fingerprint density at radius 2 is 1.91 bits per heavy atom. The monoisotopic (exact) mass is 466 g/mol. The van der Waals surface area contributed by atoms with Gasteiger partial charge in [-0.2, -0.15) is 0 Å². The fourth-order valence-corrected chi connectivity index (χ4v) is 6.00. The minimum atomic E-state index is -0.319. The van der Waals surface area contributed by atoms with Crippen LogP contribution < -0.4 is 4.90 Å². The van der Waals surface area contributed by atoms with Crippen LogP contribution in [0.4, 0.5) is 5.69 Å². The summed E-state index contributed by atoms with van der Waals surface area (Å²) in [5, 5.41) is 0.957. The molecule has 35 heavy (non-hydrogen) atoms. The number of carbonyl (C=O) groups is 1. The number of nitrogens with one attached hydrogen (secondary N) is 1. The van der Waals surface area contributed by atoms with Crippen LogP contribution >= 0.6 is 0 Å². The molecule has 1 saturated heterocycles. The summed E-state index contributed by atoms with van der Waals surface area (Å²) in [6.07, 6.45) is 11.7. The highest BCUT2D eigenvalue weighted by atomic mass is 16.5. The molecule has 0 bridgehead atoms. The van der Waals surface area contributed by atoms with Gasteiger partial charge < -0.3 is 14.6 Å². The number of anilines is 1. The third-order valence-corrected chi connectivity index (χ3v) is 8.38. The zero-order valence-electron chi connectivity index (χ0n) is 21.0. The summed E-state index contributed by atoms with van der Waals surface area (Å²) in [5.41, 5.74) is 7.70. The van der Waals surface area contributed by atoms with Gasteiger partial charge in [0.15, 0.2) is 5.78 Å². The van der Waals surface area contributed by atoms with Crippen LogP contribution in [0.2, 0.25) is 0 Å². The summed E-state index contributed by atoms with van der Waals surface area (Å²) < 4.78 is 6.18. The molecule has 2 aromatic carbocycles. The number of benzene rings is 2. The largest absolute Gasteiger partial charge is 0.378 e. The molecule has 0 radical (unpaired) electrons. The van der Waals surface area contributed by atoms with Crippen LogP contribution in [-0.2, 0) is 16.6 Å². The normalized spacial score (nSPS) is 19.5. The van der Waals surface area contributed by atoms with E-state index in [0.717, 1.165) is 83.7 Å². The van der Waals surface area contributed by atoms with E-state index in [9.17, 15) is 4.79 Å². The topological polar surface area (TPSA) is 45.3 Å². The van der Waals surface area contributed by atoms with Crippen LogP contribution in [0.15, 0.2) is 30.3 Å². The lowest BCUT2D eigenvalue weighted by molar-refractivity contribution is 0.0305. The highest BCUT2D eigenvalue weighted by molar-refractivity contribution is 6.20. The van der Waals surface area contributed by atoms with E-state index in [-0.39, 0.29) is 11.2 Å². The minimum absolute atomic E-state index is 0.113. The number of hydrogen-bond acceptors (Lipinski definition) is 3. The first-order valence-corrected chi connectivity index (χ1v) is 13.1. The number of H-pyrrole nitrogens is 1. The predicted molar refractivity (Wildman–Crippen MR) is 142 cm³/mol. The molecule has 3 aromatic rings. The van der Waals surface area contributed by atoms with E-state index in [0.29, 0.717) is 6.10 Å². The molecule has 2 aliphatic carbocycles. The molecule has 2 heterocycles. The standard InChI is InChI=1S/C31H34N2O2/c1-5-19-9-10-23-26(15-19)32-30-28(23)29(34)24-16-21(6-2)27(17-25(24)31(30,3)4)33-13-11-22(12-14-33)35-18-20-7-8-20/h1,9-10,15-17,20,22,32H,6-8,11-14,18H2,2-4H3. The maximum Gasteiger partial charge on any atom is 0.195 e. The number of carbonyl (C=O) groups excluding carboxylic acids is 1. The molecule has 0 unspecified atom stereocenters. The number of rotatable bonds is 5. The highest BCUT2D eigenvalue weighted by Gasteiger charge is 2.40. The van der Waals surface area contributed by atoms with Gasteiger partial charge in [0, 0.05) is 58.5 Å². The van der Waals surface area contributed by atoms with Crippen LogP contribution in [0.25, 0.3) is 10.9 Å². The number of aryl methyl sites for hydroxylation is 1. The van der Waals surface area contributed by atoms with Gasteiger partial charge in [0.2, 0.25) is 0 Å². The number of fused-ring (bicyclic) bond motifs is 4. The third kappa shape index (κ3) is 3.69. The van der Waals surface area contributed by atoms with Crippen molar-refractivity contribution in [2.45, 2.75) is 64.4 Å². The van der Waals surface area contributed by atoms with Crippen LogP contribution in [-0.4, -0.2) is 36.6 Å². The Morgan fingerprint density at radius 3 is 2.60 bits per heavy atom. The number of aromatic amines is 1. The van der Waals surface area contributed by atoms with Crippen molar-refractivity contribution in [2.24, 2.45) is 5.92 Å². The summed E-state index contributed by atoms with van der Waals surface area (Å²) in [6, 6.07) is 10.4. The summed E-state index contributed by atoms with van der Waals surface area (Å²) in [4.78, 5) is 19.9. The van der Waals surface area contributed by atoms with E-state index in [4.69, 9.17) is 11.2 Å². The highest BCUT2D eigenvalue weighted by Crippen LogP contribution is 2.46. The minimum Gasteiger partial charge on any atom is -0.378 e. The Bertz CT molecular complexity index is 1360. The van der Waals surface area contributed by atoms with Crippen molar-refractivity contribution in [1.82, 2.24) is 4.98 Å². The number of nitrogens with zero attached hydrogens (tertiary/aromatic N) is 1. The molecule has 1 saturated carbocycles. The lowest BCUT2D eigenvalue weighted by Gasteiger charge is -2.38. The molecule has 1 aliphatic heterocycles. The van der Waals surface area contributed by atoms with Gasteiger partial charge in [-0.15, -0.1) is 6.42 Å². The summed E-state index contributed by atoms with van der Waals surface area (Å²) in [5.74, 6) is 3.63. The SMILES string of the molecule is C#Cc1ccc2c3c([nH]c2c1)C(C)(C)c1cc(N2CCC(OCC4CC4)CC2)c(CC)cc1C3=O. The Labute approximate surface area is 208 Å². The number of ketones is 1. The van der Waals surface area contributed by atoms with Gasteiger partial charge in [0.1, 0.15) is 0 Å². The van der Waals surface area contributed by atoms with E-state index in [2.05, 4.69) is 48.7 Å². The molecule has 6 rings (SSSR count). The van der Waals surface area contributed by atoms with Crippen molar-refractivity contribution in [2.75, 3.05) is 24.6 Å². The number of terminal acetylenes is 1. The Hall–Kier alpha value is -3.03. The second-order valence-electron chi connectivity index (χ2n) is 11.1. The Balaban J connectivity index is 1.36. The zero-order valence-corrected chi connectivity index (χ0v) is 21.0. The second kappa shape index (κ2) is 8.28. The first-order chi connectivity index (χ1) is 16.9. The molecule has 2 fully saturated rings. The fourth-order valence-electron chi connectivity index (χ4n) is 6.00. The fraction of sp³-hybridized carbons (Fsp3) is 0.452. The van der Waals surface area contributed by atoms with Gasteiger partial charge in [-0.3, -0.25) is 4.79 Å². The average Bonchev–Trinajstić information content (AvgIpc) is 3.63. The van der Waals surface area contributed by atoms with E-state index in [1.54, 1.807) is 0 Å². The lowest BCUT2D eigenvalue weighted by atomic mass is 9.70. The van der Waals surface area contributed by atoms with Crippen molar-refractivity contribution < 1.29 is 9.53 Å². The predicted octanol–water partition coefficient (Wildman–Crippen LogP) is 5.98. The van der Waals surface area contributed by atoms with E-state index in [1.807, 2.05) is 18.2 Å². The van der Waals surface area contributed by atoms with Crippen LogP contribution in [0, 0.1) is 18.3 Å². The second-order valence-corrected chi connectivity index (χ2v) is 11.1. The Kier molecular flexibility index (Phi) is 5.31. The molecule has 1 N–H and O–H groups in total. The van der Waals surface area contributed by atoms with Crippen molar-refractivity contribution in [3.8, 4) is 12.3 Å². The average molecular weight is 467 g/mol. The van der Waals surface area contributed by atoms with Crippen molar-refractivity contribution in [1.29, 1.82) is 0 Å². The molecule has 4 nitrogen and oxygen atoms in total. The first-order valence-electron chi connectivity index (χ1n) is 13.1. The van der Waals surface area contributed by atoms with Crippen molar-refractivity contribution >= 4 is 22.4 Å². The lowest BCUT2D eigenvalue weighted by Crippen LogP contribution is -2.38. The van der Waals surface area contributed by atoms with Gasteiger partial charge in [-0.1, -0.05) is 32.8 Å². The molecule has 3 aliphatic rings. The summed E-state index contributed by atoms with van der Waals surface area (Å²) >= 11 is 0. The number of aromatic nitrogens is 1. The molecule has 0 spiro atoms. The van der Waals surface area contributed by atoms with Crippen molar-refractivity contribution in [3.63, 3.8) is 0 Å². The van der Waals surface area contributed by atoms with Gasteiger partial charge in [0.05, 0.1) is 11.7 Å². The van der Waals surface area contributed by atoms with Crippen LogP contribution in [0.1, 0.15) is 84.8 Å². The number of piperidine rings is 1. The third-order valence-electron chi connectivity index (χ3n) is 8.38. The zero-order chi connectivity index (χ0) is 24.3. The maximum atomic E-state index is 13.9. The van der Waals surface area contributed by atoms with Crippen molar-refractivity contribution in [3.05, 3.63) is 63.8 Å². The van der Waals surface area contributed by atoms with Gasteiger partial charge >= 0.3 is 0 Å². The number of ether oxygens (including phenoxy) is 1. The van der Waals surface area contributed by atoms with Gasteiger partial charge in [0.25, 0.3) is 0 Å². The van der Waals surface area contributed by atoms with E-state index < -0.39 is 0 Å². The van der Waals surface area contributed by atoms with Crippen LogP contribution in [0.5, 0.6) is 0 Å². The molecular formula is C31H34N2O2. The maximum absolute atomic E-state index is 13.9. The molecule has 0 atom stereocenters. The molecule has 1 aromatic heterocycles. The summed E-state index contributed by atoms with van der Waals surface area (Å²) in [6.45, 7) is 9.58. The smallest absolute Gasteiger partial charge is 0.195 e. The molecule has 180 valence electrons. The van der Waals surface area contributed by atoms with Gasteiger partial charge in [-0.25, -0.2) is 0 Å². The van der Waals surface area contributed by atoms with E-state index >= 15 is 0 Å². The van der Waals surface area contributed by atoms with Crippen LogP contribution in [0.3, 0.4) is 0 Å². The first kappa shape index (κ1) is 22.4. The van der Waals surface area contributed by atoms with E-state index in [1.165, 1.54) is 24.1 Å². The number of hydrogen-bond donors (Lipinski definition) is 1.